The highest BCUT2D eigenvalue weighted by Gasteiger charge is 2.15. The molecule has 30 heavy (non-hydrogen) atoms. The zero-order chi connectivity index (χ0) is 21.5. The summed E-state index contributed by atoms with van der Waals surface area (Å²) in [5.74, 6) is 0.0306. The minimum absolute atomic E-state index is 0.0439. The van der Waals surface area contributed by atoms with E-state index in [2.05, 4.69) is 10.6 Å². The number of carbonyl (C=O) groups is 2. The van der Waals surface area contributed by atoms with Crippen LogP contribution < -0.4 is 15.4 Å². The average molecular weight is 402 g/mol. The van der Waals surface area contributed by atoms with Crippen LogP contribution in [0.15, 0.2) is 78.9 Å². The van der Waals surface area contributed by atoms with Gasteiger partial charge in [0.1, 0.15) is 5.75 Å². The van der Waals surface area contributed by atoms with Crippen molar-refractivity contribution in [3.63, 3.8) is 0 Å². The first-order valence-electron chi connectivity index (χ1n) is 9.97. The summed E-state index contributed by atoms with van der Waals surface area (Å²) in [5, 5.41) is 5.84. The van der Waals surface area contributed by atoms with E-state index in [-0.39, 0.29) is 24.0 Å². The van der Waals surface area contributed by atoms with E-state index in [1.165, 1.54) is 0 Å². The highest BCUT2D eigenvalue weighted by molar-refractivity contribution is 6.06. The van der Waals surface area contributed by atoms with E-state index in [0.29, 0.717) is 22.6 Å². The second-order valence-electron chi connectivity index (χ2n) is 7.30. The molecular formula is C25H26N2O3. The van der Waals surface area contributed by atoms with E-state index in [1.807, 2.05) is 57.2 Å². The lowest BCUT2D eigenvalue weighted by atomic mass is 10.1. The highest BCUT2D eigenvalue weighted by atomic mass is 16.5. The van der Waals surface area contributed by atoms with Crippen molar-refractivity contribution in [1.29, 1.82) is 0 Å². The first-order chi connectivity index (χ1) is 14.4. The molecule has 0 aliphatic carbocycles. The Bertz CT molecular complexity index is 1020. The lowest BCUT2D eigenvalue weighted by molar-refractivity contribution is 0.0938. The van der Waals surface area contributed by atoms with Gasteiger partial charge in [-0.3, -0.25) is 9.59 Å². The maximum Gasteiger partial charge on any atom is 0.259 e. The molecule has 2 N–H and O–H groups in total. The van der Waals surface area contributed by atoms with Gasteiger partial charge in [-0.05, 0) is 56.7 Å². The van der Waals surface area contributed by atoms with Crippen LogP contribution >= 0.6 is 0 Å². The van der Waals surface area contributed by atoms with Gasteiger partial charge in [0.25, 0.3) is 11.8 Å². The van der Waals surface area contributed by atoms with Crippen molar-refractivity contribution >= 4 is 17.5 Å². The van der Waals surface area contributed by atoms with Crippen molar-refractivity contribution in [2.75, 3.05) is 5.32 Å². The normalized spacial score (nSPS) is 11.6. The molecule has 0 saturated carbocycles. The molecule has 0 aromatic heterocycles. The molecule has 1 unspecified atom stereocenters. The summed E-state index contributed by atoms with van der Waals surface area (Å²) in [6.07, 6.45) is -0.0439. The van der Waals surface area contributed by atoms with E-state index in [4.69, 9.17) is 4.74 Å². The fraction of sp³-hybridized carbons (Fsp3) is 0.200. The van der Waals surface area contributed by atoms with E-state index in [1.54, 1.807) is 42.5 Å². The monoisotopic (exact) mass is 402 g/mol. The quantitative estimate of drug-likeness (QED) is 0.570. The van der Waals surface area contributed by atoms with E-state index < -0.39 is 0 Å². The van der Waals surface area contributed by atoms with Crippen molar-refractivity contribution in [2.45, 2.75) is 32.9 Å². The Morgan fingerprint density at radius 1 is 0.800 bits per heavy atom. The fourth-order valence-electron chi connectivity index (χ4n) is 3.05. The lowest BCUT2D eigenvalue weighted by Crippen LogP contribution is -2.26. The molecule has 2 amide bonds. The second-order valence-corrected chi connectivity index (χ2v) is 7.30. The van der Waals surface area contributed by atoms with Gasteiger partial charge in [-0.2, -0.15) is 0 Å². The SMILES string of the molecule is CC(C)Oc1ccccc1C(=O)Nc1cccc(C(=O)NC(C)c2ccccc2)c1. The van der Waals surface area contributed by atoms with Gasteiger partial charge in [0, 0.05) is 11.3 Å². The van der Waals surface area contributed by atoms with Crippen LogP contribution in [0.4, 0.5) is 5.69 Å². The summed E-state index contributed by atoms with van der Waals surface area (Å²) in [4.78, 5) is 25.4. The van der Waals surface area contributed by atoms with Crippen molar-refractivity contribution in [3.8, 4) is 5.75 Å². The molecule has 3 aromatic carbocycles. The number of amides is 2. The van der Waals surface area contributed by atoms with Crippen LogP contribution in [0.25, 0.3) is 0 Å². The third-order valence-electron chi connectivity index (χ3n) is 4.52. The number of nitrogens with one attached hydrogen (secondary N) is 2. The molecule has 5 heteroatoms. The zero-order valence-corrected chi connectivity index (χ0v) is 17.4. The third kappa shape index (κ3) is 5.47. The first kappa shape index (κ1) is 21.1. The Morgan fingerprint density at radius 3 is 2.23 bits per heavy atom. The molecule has 3 rings (SSSR count). The number of hydrogen-bond donors (Lipinski definition) is 2. The molecule has 0 spiro atoms. The molecule has 0 radical (unpaired) electrons. The molecule has 0 saturated heterocycles. The minimum atomic E-state index is -0.290. The van der Waals surface area contributed by atoms with Crippen molar-refractivity contribution in [3.05, 3.63) is 95.6 Å². The van der Waals surface area contributed by atoms with Gasteiger partial charge in [-0.25, -0.2) is 0 Å². The number of benzene rings is 3. The highest BCUT2D eigenvalue weighted by Crippen LogP contribution is 2.21. The summed E-state index contributed by atoms with van der Waals surface area (Å²) >= 11 is 0. The second kappa shape index (κ2) is 9.74. The number of carbonyl (C=O) groups excluding carboxylic acids is 2. The molecular weight excluding hydrogens is 376 g/mol. The molecule has 1 atom stereocenters. The summed E-state index contributed by atoms with van der Waals surface area (Å²) in [6.45, 7) is 5.75. The van der Waals surface area contributed by atoms with Gasteiger partial charge in [-0.1, -0.05) is 48.5 Å². The van der Waals surface area contributed by atoms with Gasteiger partial charge in [-0.15, -0.1) is 0 Å². The molecule has 0 aliphatic rings. The molecule has 0 aliphatic heterocycles. The Hall–Kier alpha value is -3.60. The Labute approximate surface area is 177 Å². The average Bonchev–Trinajstić information content (AvgIpc) is 2.74. The number of ether oxygens (including phenoxy) is 1. The predicted molar refractivity (Wildman–Crippen MR) is 119 cm³/mol. The van der Waals surface area contributed by atoms with Gasteiger partial charge in [0.05, 0.1) is 17.7 Å². The lowest BCUT2D eigenvalue weighted by Gasteiger charge is -2.15. The van der Waals surface area contributed by atoms with Crippen LogP contribution in [0.2, 0.25) is 0 Å². The standard InChI is InChI=1S/C25H26N2O3/c1-17(2)30-23-15-8-7-14-22(23)25(29)27-21-13-9-12-20(16-21)24(28)26-18(3)19-10-5-4-6-11-19/h4-18H,1-3H3,(H,26,28)(H,27,29). The van der Waals surface area contributed by atoms with Crippen LogP contribution in [0.1, 0.15) is 53.1 Å². The van der Waals surface area contributed by atoms with Crippen LogP contribution in [0.5, 0.6) is 5.75 Å². The third-order valence-corrected chi connectivity index (χ3v) is 4.52. The van der Waals surface area contributed by atoms with Crippen LogP contribution in [-0.2, 0) is 0 Å². The summed E-state index contributed by atoms with van der Waals surface area (Å²) in [5.41, 5.74) is 2.48. The van der Waals surface area contributed by atoms with Gasteiger partial charge < -0.3 is 15.4 Å². The minimum Gasteiger partial charge on any atom is -0.490 e. The van der Waals surface area contributed by atoms with E-state index >= 15 is 0 Å². The molecule has 154 valence electrons. The summed E-state index contributed by atoms with van der Waals surface area (Å²) in [7, 11) is 0. The molecule has 0 fully saturated rings. The Balaban J connectivity index is 1.71. The largest absolute Gasteiger partial charge is 0.490 e. The number of para-hydroxylation sites is 1. The van der Waals surface area contributed by atoms with Gasteiger partial charge in [0.15, 0.2) is 0 Å². The predicted octanol–water partition coefficient (Wildman–Crippen LogP) is 5.22. The van der Waals surface area contributed by atoms with Crippen molar-refractivity contribution in [2.24, 2.45) is 0 Å². The smallest absolute Gasteiger partial charge is 0.259 e. The van der Waals surface area contributed by atoms with Crippen LogP contribution in [0.3, 0.4) is 0 Å². The van der Waals surface area contributed by atoms with Crippen molar-refractivity contribution < 1.29 is 14.3 Å². The maximum atomic E-state index is 12.8. The number of hydrogen-bond acceptors (Lipinski definition) is 3. The zero-order valence-electron chi connectivity index (χ0n) is 17.4. The van der Waals surface area contributed by atoms with Crippen LogP contribution in [-0.4, -0.2) is 17.9 Å². The Kier molecular flexibility index (Phi) is 6.86. The number of anilines is 1. The van der Waals surface area contributed by atoms with Gasteiger partial charge >= 0.3 is 0 Å². The molecule has 0 heterocycles. The van der Waals surface area contributed by atoms with Crippen molar-refractivity contribution in [1.82, 2.24) is 5.32 Å². The molecule has 0 bridgehead atoms. The van der Waals surface area contributed by atoms with E-state index in [9.17, 15) is 9.59 Å². The topological polar surface area (TPSA) is 67.4 Å². The summed E-state index contributed by atoms with van der Waals surface area (Å²) in [6, 6.07) is 23.6. The first-order valence-corrected chi connectivity index (χ1v) is 9.97. The number of rotatable bonds is 7. The Morgan fingerprint density at radius 2 is 1.50 bits per heavy atom. The fourth-order valence-corrected chi connectivity index (χ4v) is 3.05. The van der Waals surface area contributed by atoms with E-state index in [0.717, 1.165) is 5.56 Å². The maximum absolute atomic E-state index is 12.8. The summed E-state index contributed by atoms with van der Waals surface area (Å²) < 4.78 is 5.73. The van der Waals surface area contributed by atoms with Gasteiger partial charge in [0.2, 0.25) is 0 Å². The van der Waals surface area contributed by atoms with Crippen LogP contribution in [0, 0.1) is 0 Å². The molecule has 3 aromatic rings. The molecule has 5 nitrogen and oxygen atoms in total.